The van der Waals surface area contributed by atoms with E-state index >= 15 is 0 Å². The van der Waals surface area contributed by atoms with Crippen LogP contribution >= 0.6 is 0 Å². The molecule has 1 amide bonds. The monoisotopic (exact) mass is 364 g/mol. The summed E-state index contributed by atoms with van der Waals surface area (Å²) in [5.41, 5.74) is 0. The van der Waals surface area contributed by atoms with Crippen LogP contribution in [0.4, 0.5) is 0 Å². The summed E-state index contributed by atoms with van der Waals surface area (Å²) in [6.45, 7) is 1.84. The molecule has 0 aromatic rings. The Balaban J connectivity index is 0.000000640. The second kappa shape index (κ2) is 3.47. The Bertz CT molecular complexity index is 81.1. The molecule has 1 aliphatic heterocycles. The van der Waals surface area contributed by atoms with Gasteiger partial charge in [0.05, 0.1) is 0 Å². The molecule has 0 N–H and O–H groups in total. The van der Waals surface area contributed by atoms with E-state index in [0.29, 0.717) is 0 Å². The van der Waals surface area contributed by atoms with Gasteiger partial charge in [-0.15, -0.1) is 0 Å². The van der Waals surface area contributed by atoms with Gasteiger partial charge in [-0.3, -0.25) is 0 Å². The summed E-state index contributed by atoms with van der Waals surface area (Å²) in [6.07, 6.45) is 5.49. The van der Waals surface area contributed by atoms with Gasteiger partial charge in [0.2, 0.25) is 0 Å². The molecule has 0 spiro atoms. The normalized spacial score (nSPS) is 18.4. The van der Waals surface area contributed by atoms with Crippen molar-refractivity contribution in [2.75, 3.05) is 13.1 Å². The molecule has 9 heavy (non-hydrogen) atoms. The van der Waals surface area contributed by atoms with Crippen LogP contribution in [-0.4, -0.2) is 24.4 Å². The average molecular weight is 364 g/mol. The smallest absolute Gasteiger partial charge is 0 e. The molecule has 3 heteroatoms. The maximum atomic E-state index is 9.96. The first kappa shape index (κ1) is 7.47. The summed E-state index contributed by atoms with van der Waals surface area (Å²) in [4.78, 5) is 11.7. The Kier molecular flexibility index (Phi) is 2.88. The molecule has 1 fully saturated rings. The fourth-order valence-electron chi connectivity index (χ4n) is 0.985. The third-order valence-corrected chi connectivity index (χ3v) is 1.49. The van der Waals surface area contributed by atoms with Gasteiger partial charge in [0.1, 0.15) is 0 Å². The second-order valence-corrected chi connectivity index (χ2v) is 2.14. The van der Waals surface area contributed by atoms with Crippen LogP contribution in [0, 0.1) is 0 Å². The third-order valence-electron chi connectivity index (χ3n) is 1.49. The fourth-order valence-corrected chi connectivity index (χ4v) is 0.985. The van der Waals surface area contributed by atoms with E-state index in [1.807, 2.05) is 6.41 Å². The Hall–Kier alpha value is -1.53. The zero-order valence-electron chi connectivity index (χ0n) is 5.19. The quantitative estimate of drug-likeness (QED) is 0.622. The number of amides is 1. The average Bonchev–Trinajstić information content (AvgIpc) is 1.90. The fraction of sp³-hybridized carbons (Fsp3) is 0.833. The van der Waals surface area contributed by atoms with Gasteiger partial charge in [-0.1, -0.05) is 6.42 Å². The van der Waals surface area contributed by atoms with Crippen LogP contribution in [0.1, 0.15) is 19.3 Å². The number of nitrogens with zero attached hydrogens (tertiary/aromatic N) is 1. The van der Waals surface area contributed by atoms with Crippen LogP contribution in [0.5, 0.6) is 0 Å². The Morgan fingerprint density at radius 3 is 2.00 bits per heavy atom. The van der Waals surface area contributed by atoms with Crippen LogP contribution < -0.4 is 0 Å². The van der Waals surface area contributed by atoms with Crippen LogP contribution in [0.25, 0.3) is 0 Å². The first-order valence-corrected chi connectivity index (χ1v) is 3.06. The van der Waals surface area contributed by atoms with Crippen molar-refractivity contribution in [1.29, 1.82) is 0 Å². The first-order valence-electron chi connectivity index (χ1n) is 3.06. The number of hydrogen-bond donors (Lipinski definition) is 0. The molecule has 1 saturated heterocycles. The van der Waals surface area contributed by atoms with E-state index in [1.54, 1.807) is 4.90 Å². The Labute approximate surface area is 49.5 Å². The van der Waals surface area contributed by atoms with Crippen molar-refractivity contribution in [2.24, 2.45) is 0 Å². The van der Waals surface area contributed by atoms with Gasteiger partial charge in [0.15, 0.2) is 0 Å². The van der Waals surface area contributed by atoms with E-state index < -0.39 is 0 Å². The number of likely N-dealkylation sites (tertiary alicyclic amines) is 1. The zero-order chi connectivity index (χ0) is 5.82. The van der Waals surface area contributed by atoms with Crippen molar-refractivity contribution >= 4 is 6.41 Å². The van der Waals surface area contributed by atoms with Crippen LogP contribution in [0.2, 0.25) is 0 Å². The maximum absolute atomic E-state index is 9.96. The minimum atomic E-state index is 0. The van der Waals surface area contributed by atoms with Crippen LogP contribution in [-0.2, 0) is 4.79 Å². The molecule has 0 aromatic carbocycles. The molecule has 0 bridgehead atoms. The number of hydrogen-bond acceptors (Lipinski definition) is 1. The molecular weight excluding hydrogens is 354 g/mol. The van der Waals surface area contributed by atoms with Crippen molar-refractivity contribution in [2.45, 2.75) is 19.3 Å². The van der Waals surface area contributed by atoms with E-state index in [9.17, 15) is 4.79 Å². The molecule has 1 rings (SSSR count). The molecule has 57 valence electrons. The maximum Gasteiger partial charge on any atom is 0 e. The van der Waals surface area contributed by atoms with Crippen molar-refractivity contribution in [3.8, 4) is 0 Å². The van der Waals surface area contributed by atoms with E-state index in [1.165, 1.54) is 6.42 Å². The molecule has 1 radical (unpaired) electrons. The van der Waals surface area contributed by atoms with Gasteiger partial charge in [-0.25, -0.2) is 0 Å². The minimum Gasteiger partial charge on any atom is -0.520 e. The molecule has 0 aliphatic carbocycles. The molecule has 1 heterocycles. The van der Waals surface area contributed by atoms with E-state index in [2.05, 4.69) is 0 Å². The minimum absolute atomic E-state index is 0. The van der Waals surface area contributed by atoms with Crippen molar-refractivity contribution < 1.29 is 4.79 Å². The number of rotatable bonds is 1. The summed E-state index contributed by atoms with van der Waals surface area (Å²) < 4.78 is 0. The van der Waals surface area contributed by atoms with E-state index in [-0.39, 0.29) is 0 Å². The van der Waals surface area contributed by atoms with Gasteiger partial charge in [-0.2, -0.15) is 6.41 Å². The van der Waals surface area contributed by atoms with Gasteiger partial charge >= 0.3 is 0 Å². The van der Waals surface area contributed by atoms with Crippen LogP contribution in [0.15, 0.2) is 0 Å². The third kappa shape index (κ3) is 1.80. The van der Waals surface area contributed by atoms with Crippen molar-refractivity contribution in [3.05, 3.63) is 0 Å². The van der Waals surface area contributed by atoms with Gasteiger partial charge in [0, 0.05) is 0 Å². The Morgan fingerprint density at radius 1 is 1.11 bits per heavy atom. The first-order chi connectivity index (χ1) is 3.93. The molecule has 0 unspecified atom stereocenters. The summed E-state index contributed by atoms with van der Waals surface area (Å²) in [7, 11) is 0. The van der Waals surface area contributed by atoms with Crippen molar-refractivity contribution in [3.63, 3.8) is 0 Å². The molecule has 0 aromatic heterocycles. The van der Waals surface area contributed by atoms with E-state index in [0.717, 1.165) is 25.9 Å². The largest absolute Gasteiger partial charge is 0.520 e. The molecule has 0 saturated carbocycles. The summed E-state index contributed by atoms with van der Waals surface area (Å²) in [5.74, 6) is 0. The molecule has 2 nitrogen and oxygen atoms in total. The second-order valence-electron chi connectivity index (χ2n) is 2.14. The van der Waals surface area contributed by atoms with Gasteiger partial charge in [-0.05, 0) is 25.9 Å². The van der Waals surface area contributed by atoms with Crippen molar-refractivity contribution in [1.82, 2.24) is 4.90 Å². The summed E-state index contributed by atoms with van der Waals surface area (Å²) in [5, 5.41) is 0. The summed E-state index contributed by atoms with van der Waals surface area (Å²) in [6, 6.07) is 0. The molecule has 1 aliphatic rings. The van der Waals surface area contributed by atoms with Crippen LogP contribution in [0.3, 0.4) is 0 Å². The standard InChI is InChI=1S/C6H10NO.Es/c8-6-7-4-2-1-3-5-7;/h1-5H2;/q-1;. The summed E-state index contributed by atoms with van der Waals surface area (Å²) >= 11 is 0. The molecular formula is C6H10EsNO-. The predicted octanol–water partition coefficient (Wildman–Crippen LogP) is 0.539. The van der Waals surface area contributed by atoms with E-state index in [4.69, 9.17) is 0 Å². The molecule has 0 atom stereocenters. The van der Waals surface area contributed by atoms with Gasteiger partial charge in [0.25, 0.3) is 0 Å². The zero-order valence-corrected chi connectivity index (χ0v) is 7.70. The predicted molar refractivity (Wildman–Crippen MR) is 31.1 cm³/mol. The Morgan fingerprint density at radius 2 is 1.67 bits per heavy atom. The van der Waals surface area contributed by atoms with Gasteiger partial charge < -0.3 is 9.69 Å². The number of carbonyl (C=O) groups excluding carboxylic acids is 1. The SMILES string of the molecule is O=[C-]N1CCCCC1.[Es]. The topological polar surface area (TPSA) is 20.3 Å². The number of piperidine rings is 1.